The van der Waals surface area contributed by atoms with Crippen molar-refractivity contribution in [1.82, 2.24) is 0 Å². The van der Waals surface area contributed by atoms with E-state index in [4.69, 9.17) is 16.7 Å². The molecule has 1 aliphatic heterocycles. The second-order valence-electron chi connectivity index (χ2n) is 4.20. The van der Waals surface area contributed by atoms with Crippen molar-refractivity contribution in [1.29, 1.82) is 0 Å². The van der Waals surface area contributed by atoms with Gasteiger partial charge in [-0.3, -0.25) is 4.79 Å². The number of nitrogens with one attached hydrogen (secondary N) is 1. The number of thiophene rings is 1. The van der Waals surface area contributed by atoms with Crippen LogP contribution in [0.2, 0.25) is 5.02 Å². The van der Waals surface area contributed by atoms with Crippen molar-refractivity contribution in [3.63, 3.8) is 0 Å². The van der Waals surface area contributed by atoms with Crippen LogP contribution in [0.15, 0.2) is 35.7 Å². The molecule has 20 heavy (non-hydrogen) atoms. The number of aliphatic carboxylic acids is 1. The summed E-state index contributed by atoms with van der Waals surface area (Å²) in [6.45, 7) is 0. The molecule has 0 saturated carbocycles. The van der Waals surface area contributed by atoms with Gasteiger partial charge in [-0.1, -0.05) is 17.7 Å². The van der Waals surface area contributed by atoms with Gasteiger partial charge in [-0.05, 0) is 23.6 Å². The summed E-state index contributed by atoms with van der Waals surface area (Å²) in [6.07, 6.45) is 1.11. The maximum Gasteiger partial charge on any atom is 0.328 e. The summed E-state index contributed by atoms with van der Waals surface area (Å²) in [6, 6.07) is 6.67. The molecule has 100 valence electrons. The number of halogens is 1. The van der Waals surface area contributed by atoms with E-state index in [0.29, 0.717) is 32.3 Å². The first-order valence-electron chi connectivity index (χ1n) is 5.70. The Kier molecular flexibility index (Phi) is 3.08. The number of fused-ring (bicyclic) bond motifs is 2. The van der Waals surface area contributed by atoms with E-state index in [-0.39, 0.29) is 5.91 Å². The highest BCUT2D eigenvalue weighted by atomic mass is 35.5. The Bertz CT molecular complexity index is 764. The Labute approximate surface area is 123 Å². The number of hydrogen-bond acceptors (Lipinski definition) is 3. The van der Waals surface area contributed by atoms with Gasteiger partial charge < -0.3 is 10.4 Å². The minimum Gasteiger partial charge on any atom is -0.478 e. The number of carbonyl (C=O) groups excluding carboxylic acids is 1. The average molecular weight is 306 g/mol. The number of rotatable bonds is 1. The van der Waals surface area contributed by atoms with Crippen LogP contribution in [-0.2, 0) is 4.79 Å². The summed E-state index contributed by atoms with van der Waals surface area (Å²) in [5.41, 5.74) is 2.13. The van der Waals surface area contributed by atoms with Gasteiger partial charge >= 0.3 is 5.97 Å². The lowest BCUT2D eigenvalue weighted by Gasteiger charge is -2.09. The van der Waals surface area contributed by atoms with Crippen LogP contribution in [0.5, 0.6) is 0 Å². The molecule has 0 bridgehead atoms. The molecule has 2 N–H and O–H groups in total. The van der Waals surface area contributed by atoms with Gasteiger partial charge in [-0.15, -0.1) is 11.3 Å². The molecule has 1 aromatic carbocycles. The SMILES string of the molecule is O=C(O)C=C1c2ccc(Cl)cc2NC(=O)c2ccsc21. The summed E-state index contributed by atoms with van der Waals surface area (Å²) in [4.78, 5) is 23.9. The molecule has 0 aliphatic carbocycles. The molecule has 4 nitrogen and oxygen atoms in total. The van der Waals surface area contributed by atoms with Gasteiger partial charge in [-0.25, -0.2) is 4.79 Å². The number of carboxylic acid groups (broad SMARTS) is 1. The molecule has 6 heteroatoms. The fourth-order valence-electron chi connectivity index (χ4n) is 2.13. The standard InChI is InChI=1S/C14H8ClNO3S/c15-7-1-2-8-10(6-12(17)18)13-9(3-4-20-13)14(19)16-11(8)5-7/h1-6H,(H,16,19)(H,17,18). The topological polar surface area (TPSA) is 66.4 Å². The Balaban J connectivity index is 2.32. The maximum atomic E-state index is 12.1. The highest BCUT2D eigenvalue weighted by molar-refractivity contribution is 7.11. The Morgan fingerprint density at radius 3 is 2.85 bits per heavy atom. The molecule has 2 aromatic rings. The highest BCUT2D eigenvalue weighted by Gasteiger charge is 2.25. The van der Waals surface area contributed by atoms with Crippen LogP contribution in [0.3, 0.4) is 0 Å². The van der Waals surface area contributed by atoms with Gasteiger partial charge in [0.15, 0.2) is 0 Å². The number of hydrogen-bond donors (Lipinski definition) is 2. The van der Waals surface area contributed by atoms with E-state index in [9.17, 15) is 9.59 Å². The highest BCUT2D eigenvalue weighted by Crippen LogP contribution is 2.38. The van der Waals surface area contributed by atoms with Crippen molar-refractivity contribution in [2.75, 3.05) is 5.32 Å². The third-order valence-corrected chi connectivity index (χ3v) is 4.13. The molecule has 1 amide bonds. The molecule has 0 saturated heterocycles. The molecule has 2 heterocycles. The van der Waals surface area contributed by atoms with Gasteiger partial charge in [0.2, 0.25) is 0 Å². The van der Waals surface area contributed by atoms with Gasteiger partial charge in [0, 0.05) is 27.1 Å². The molecule has 0 radical (unpaired) electrons. The van der Waals surface area contributed by atoms with E-state index in [1.54, 1.807) is 29.6 Å². The normalized spacial score (nSPS) is 15.2. The monoisotopic (exact) mass is 305 g/mol. The smallest absolute Gasteiger partial charge is 0.328 e. The predicted molar refractivity (Wildman–Crippen MR) is 78.4 cm³/mol. The van der Waals surface area contributed by atoms with Crippen LogP contribution in [0.4, 0.5) is 5.69 Å². The molecule has 3 rings (SSSR count). The maximum absolute atomic E-state index is 12.1. The lowest BCUT2D eigenvalue weighted by Crippen LogP contribution is -2.10. The Morgan fingerprint density at radius 1 is 1.30 bits per heavy atom. The van der Waals surface area contributed by atoms with Crippen molar-refractivity contribution in [3.8, 4) is 0 Å². The third kappa shape index (κ3) is 2.11. The van der Waals surface area contributed by atoms with E-state index in [0.717, 1.165) is 6.08 Å². The zero-order chi connectivity index (χ0) is 14.3. The second-order valence-corrected chi connectivity index (χ2v) is 5.56. The number of amides is 1. The molecule has 1 aromatic heterocycles. The first kappa shape index (κ1) is 12.9. The average Bonchev–Trinajstić information content (AvgIpc) is 2.82. The molecule has 0 fully saturated rings. The zero-order valence-corrected chi connectivity index (χ0v) is 11.6. The Morgan fingerprint density at radius 2 is 2.10 bits per heavy atom. The molecular weight excluding hydrogens is 298 g/mol. The van der Waals surface area contributed by atoms with E-state index in [1.807, 2.05) is 0 Å². The van der Waals surface area contributed by atoms with Crippen molar-refractivity contribution >= 4 is 46.1 Å². The number of carbonyl (C=O) groups is 2. The number of benzene rings is 1. The number of carboxylic acids is 1. The minimum atomic E-state index is -1.06. The van der Waals surface area contributed by atoms with Crippen molar-refractivity contribution in [2.24, 2.45) is 0 Å². The molecular formula is C14H8ClNO3S. The summed E-state index contributed by atoms with van der Waals surface area (Å²) in [5.74, 6) is -1.33. The zero-order valence-electron chi connectivity index (χ0n) is 10.0. The first-order chi connectivity index (χ1) is 9.56. The number of anilines is 1. The van der Waals surface area contributed by atoms with E-state index >= 15 is 0 Å². The lowest BCUT2D eigenvalue weighted by atomic mass is 10.0. The lowest BCUT2D eigenvalue weighted by molar-refractivity contribution is -0.131. The second kappa shape index (κ2) is 4.77. The van der Waals surface area contributed by atoms with Gasteiger partial charge in [-0.2, -0.15) is 0 Å². The van der Waals surface area contributed by atoms with Crippen LogP contribution in [-0.4, -0.2) is 17.0 Å². The van der Waals surface area contributed by atoms with Crippen molar-refractivity contribution in [2.45, 2.75) is 0 Å². The fraction of sp³-hybridized carbons (Fsp3) is 0. The van der Waals surface area contributed by atoms with Crippen LogP contribution in [0.1, 0.15) is 20.8 Å². The summed E-state index contributed by atoms with van der Waals surface area (Å²) < 4.78 is 0. The van der Waals surface area contributed by atoms with Crippen LogP contribution < -0.4 is 5.32 Å². The summed E-state index contributed by atoms with van der Waals surface area (Å²) in [5, 5.41) is 14.1. The molecule has 0 unspecified atom stereocenters. The minimum absolute atomic E-state index is 0.265. The van der Waals surface area contributed by atoms with Crippen LogP contribution in [0.25, 0.3) is 5.57 Å². The molecule has 0 atom stereocenters. The molecule has 1 aliphatic rings. The Hall–Kier alpha value is -2.11. The van der Waals surface area contributed by atoms with E-state index in [1.165, 1.54) is 11.3 Å². The predicted octanol–water partition coefficient (Wildman–Crippen LogP) is 3.48. The summed E-state index contributed by atoms with van der Waals surface area (Å²) >= 11 is 7.27. The molecule has 0 spiro atoms. The van der Waals surface area contributed by atoms with E-state index < -0.39 is 5.97 Å². The van der Waals surface area contributed by atoms with Gasteiger partial charge in [0.1, 0.15) is 0 Å². The van der Waals surface area contributed by atoms with Crippen molar-refractivity contribution in [3.05, 3.63) is 56.7 Å². The van der Waals surface area contributed by atoms with Crippen LogP contribution >= 0.6 is 22.9 Å². The largest absolute Gasteiger partial charge is 0.478 e. The summed E-state index contributed by atoms with van der Waals surface area (Å²) in [7, 11) is 0. The van der Waals surface area contributed by atoms with Crippen LogP contribution in [0, 0.1) is 0 Å². The third-order valence-electron chi connectivity index (χ3n) is 2.94. The quantitative estimate of drug-likeness (QED) is 0.793. The van der Waals surface area contributed by atoms with Gasteiger partial charge in [0.25, 0.3) is 5.91 Å². The first-order valence-corrected chi connectivity index (χ1v) is 6.96. The fourth-order valence-corrected chi connectivity index (χ4v) is 3.23. The van der Waals surface area contributed by atoms with Gasteiger partial charge in [0.05, 0.1) is 11.3 Å². The van der Waals surface area contributed by atoms with Crippen molar-refractivity contribution < 1.29 is 14.7 Å². The van der Waals surface area contributed by atoms with E-state index in [2.05, 4.69) is 5.32 Å².